The molecule has 0 atom stereocenters. The zero-order valence-electron chi connectivity index (χ0n) is 15.6. The lowest BCUT2D eigenvalue weighted by atomic mass is 10.1. The number of hydrogen-bond donors (Lipinski definition) is 2. The van der Waals surface area contributed by atoms with Crippen LogP contribution in [-0.4, -0.2) is 36.5 Å². The van der Waals surface area contributed by atoms with Gasteiger partial charge < -0.3 is 10.4 Å². The second-order valence-corrected chi connectivity index (χ2v) is 6.52. The molecule has 2 heterocycles. The highest BCUT2D eigenvalue weighted by molar-refractivity contribution is 6.09. The fourth-order valence-corrected chi connectivity index (χ4v) is 3.00. The third kappa shape index (κ3) is 3.74. The van der Waals surface area contributed by atoms with E-state index in [1.807, 2.05) is 36.7 Å². The number of amides is 1. The second-order valence-electron chi connectivity index (χ2n) is 6.52. The molecule has 2 aromatic heterocycles. The molecule has 0 aliphatic rings. The van der Waals surface area contributed by atoms with Crippen molar-refractivity contribution in [2.24, 2.45) is 7.05 Å². The number of nitrogens with zero attached hydrogens (tertiary/aromatic N) is 4. The minimum atomic E-state index is -1.20. The van der Waals surface area contributed by atoms with Crippen molar-refractivity contribution in [2.75, 3.05) is 5.32 Å². The van der Waals surface area contributed by atoms with Gasteiger partial charge in [0.05, 0.1) is 23.6 Å². The molecular weight excluding hydrogens is 346 g/mol. The summed E-state index contributed by atoms with van der Waals surface area (Å²) in [4.78, 5) is 23.9. The van der Waals surface area contributed by atoms with Gasteiger partial charge in [0.25, 0.3) is 5.91 Å². The van der Waals surface area contributed by atoms with Crippen LogP contribution in [0.3, 0.4) is 0 Å². The van der Waals surface area contributed by atoms with Crippen LogP contribution in [0.15, 0.2) is 30.5 Å². The molecule has 0 bridgehead atoms. The number of aromatic nitrogens is 4. The Bertz CT molecular complexity index is 1030. The van der Waals surface area contributed by atoms with Crippen molar-refractivity contribution in [3.05, 3.63) is 64.2 Å². The Morgan fingerprint density at radius 1 is 1.19 bits per heavy atom. The van der Waals surface area contributed by atoms with Gasteiger partial charge >= 0.3 is 5.97 Å². The Morgan fingerprint density at radius 2 is 1.93 bits per heavy atom. The number of benzene rings is 1. The maximum atomic E-state index is 12.6. The number of nitrogens with one attached hydrogen (secondary N) is 1. The van der Waals surface area contributed by atoms with E-state index in [4.69, 9.17) is 0 Å². The molecule has 27 heavy (non-hydrogen) atoms. The van der Waals surface area contributed by atoms with Gasteiger partial charge in [0, 0.05) is 13.2 Å². The number of aromatic carboxylic acids is 1. The first kappa shape index (κ1) is 18.4. The second kappa shape index (κ2) is 7.06. The molecule has 1 aromatic carbocycles. The van der Waals surface area contributed by atoms with Crippen molar-refractivity contribution >= 4 is 17.6 Å². The molecule has 140 valence electrons. The van der Waals surface area contributed by atoms with Crippen molar-refractivity contribution in [3.63, 3.8) is 0 Å². The first-order valence-corrected chi connectivity index (χ1v) is 8.44. The largest absolute Gasteiger partial charge is 0.478 e. The van der Waals surface area contributed by atoms with Crippen LogP contribution in [0.2, 0.25) is 0 Å². The van der Waals surface area contributed by atoms with E-state index in [0.717, 1.165) is 11.3 Å². The maximum absolute atomic E-state index is 12.6. The average molecular weight is 367 g/mol. The van der Waals surface area contributed by atoms with E-state index in [1.165, 1.54) is 16.4 Å². The molecule has 3 aromatic rings. The van der Waals surface area contributed by atoms with Crippen LogP contribution in [0.25, 0.3) is 0 Å². The number of rotatable bonds is 5. The summed E-state index contributed by atoms with van der Waals surface area (Å²) in [7, 11) is 1.57. The Balaban J connectivity index is 1.87. The highest BCUT2D eigenvalue weighted by Crippen LogP contribution is 2.22. The molecule has 0 saturated carbocycles. The van der Waals surface area contributed by atoms with Crippen LogP contribution >= 0.6 is 0 Å². The minimum Gasteiger partial charge on any atom is -0.478 e. The summed E-state index contributed by atoms with van der Waals surface area (Å²) < 4.78 is 3.12. The molecule has 0 aliphatic carbocycles. The predicted molar refractivity (Wildman–Crippen MR) is 100 cm³/mol. The third-order valence-electron chi connectivity index (χ3n) is 4.31. The van der Waals surface area contributed by atoms with E-state index in [0.29, 0.717) is 17.9 Å². The van der Waals surface area contributed by atoms with Gasteiger partial charge in [-0.25, -0.2) is 4.79 Å². The quantitative estimate of drug-likeness (QED) is 0.721. The van der Waals surface area contributed by atoms with Crippen LogP contribution in [0.4, 0.5) is 5.69 Å². The fraction of sp³-hybridized carbons (Fsp3) is 0.263. The van der Waals surface area contributed by atoms with Gasteiger partial charge in [-0.1, -0.05) is 29.8 Å². The van der Waals surface area contributed by atoms with Crippen molar-refractivity contribution in [2.45, 2.75) is 27.3 Å². The highest BCUT2D eigenvalue weighted by atomic mass is 16.4. The molecule has 0 saturated heterocycles. The summed E-state index contributed by atoms with van der Waals surface area (Å²) in [5.41, 5.74) is 4.01. The lowest BCUT2D eigenvalue weighted by Crippen LogP contribution is -2.17. The standard InChI is InChI=1S/C19H21N5O3/c1-11-6-5-7-14(8-11)9-24-13(3)16(12(2)21-24)20-18(25)17-15(19(26)27)10-23(4)22-17/h5-8,10H,9H2,1-4H3,(H,20,25)(H,26,27). The van der Waals surface area contributed by atoms with Crippen LogP contribution in [0.1, 0.15) is 43.4 Å². The molecule has 0 fully saturated rings. The fourth-order valence-electron chi connectivity index (χ4n) is 3.00. The van der Waals surface area contributed by atoms with Crippen LogP contribution in [0.5, 0.6) is 0 Å². The van der Waals surface area contributed by atoms with Crippen LogP contribution in [-0.2, 0) is 13.6 Å². The summed E-state index contributed by atoms with van der Waals surface area (Å²) in [6.07, 6.45) is 1.30. The first-order valence-electron chi connectivity index (χ1n) is 8.44. The Labute approximate surface area is 156 Å². The molecule has 8 heteroatoms. The first-order chi connectivity index (χ1) is 12.8. The van der Waals surface area contributed by atoms with E-state index in [9.17, 15) is 14.7 Å². The number of carbonyl (C=O) groups excluding carboxylic acids is 1. The van der Waals surface area contributed by atoms with Crippen molar-refractivity contribution in [1.29, 1.82) is 0 Å². The average Bonchev–Trinajstić information content (AvgIpc) is 3.11. The topological polar surface area (TPSA) is 102 Å². The van der Waals surface area contributed by atoms with Gasteiger partial charge in [-0.2, -0.15) is 10.2 Å². The summed E-state index contributed by atoms with van der Waals surface area (Å²) in [5, 5.41) is 20.5. The normalized spacial score (nSPS) is 10.8. The van der Waals surface area contributed by atoms with Gasteiger partial charge in [-0.05, 0) is 26.3 Å². The van der Waals surface area contributed by atoms with E-state index in [-0.39, 0.29) is 11.3 Å². The third-order valence-corrected chi connectivity index (χ3v) is 4.31. The number of aryl methyl sites for hydroxylation is 3. The smallest absolute Gasteiger partial charge is 0.339 e. The van der Waals surface area contributed by atoms with Gasteiger partial charge in [-0.3, -0.25) is 14.2 Å². The molecule has 0 spiro atoms. The van der Waals surface area contributed by atoms with Crippen molar-refractivity contribution < 1.29 is 14.7 Å². The lowest BCUT2D eigenvalue weighted by molar-refractivity contribution is 0.0692. The Morgan fingerprint density at radius 3 is 2.59 bits per heavy atom. The molecule has 3 rings (SSSR count). The molecule has 1 amide bonds. The maximum Gasteiger partial charge on any atom is 0.339 e. The van der Waals surface area contributed by atoms with Crippen LogP contribution in [0, 0.1) is 20.8 Å². The molecule has 0 unspecified atom stereocenters. The molecular formula is C19H21N5O3. The number of carbonyl (C=O) groups is 2. The summed E-state index contributed by atoms with van der Waals surface area (Å²) in [5.74, 6) is -1.77. The molecule has 0 aliphatic heterocycles. The summed E-state index contributed by atoms with van der Waals surface area (Å²) >= 11 is 0. The molecule has 0 radical (unpaired) electrons. The predicted octanol–water partition coefficient (Wildman–Crippen LogP) is 2.54. The monoisotopic (exact) mass is 367 g/mol. The van der Waals surface area contributed by atoms with E-state index >= 15 is 0 Å². The zero-order chi connectivity index (χ0) is 19.7. The Kier molecular flexibility index (Phi) is 4.81. The van der Waals surface area contributed by atoms with Gasteiger partial charge in [-0.15, -0.1) is 0 Å². The SMILES string of the molecule is Cc1cccc(Cn2nc(C)c(NC(=O)c3nn(C)cc3C(=O)O)c2C)c1. The summed E-state index contributed by atoms with van der Waals surface area (Å²) in [6.45, 7) is 6.27. The van der Waals surface area contributed by atoms with E-state index in [2.05, 4.69) is 21.6 Å². The number of anilines is 1. The van der Waals surface area contributed by atoms with Crippen molar-refractivity contribution in [1.82, 2.24) is 19.6 Å². The number of carboxylic acid groups (broad SMARTS) is 1. The lowest BCUT2D eigenvalue weighted by Gasteiger charge is -2.07. The van der Waals surface area contributed by atoms with Gasteiger partial charge in [0.1, 0.15) is 5.56 Å². The van der Waals surface area contributed by atoms with E-state index in [1.54, 1.807) is 14.0 Å². The van der Waals surface area contributed by atoms with E-state index < -0.39 is 11.9 Å². The zero-order valence-corrected chi connectivity index (χ0v) is 15.6. The Hall–Kier alpha value is -3.42. The molecule has 8 nitrogen and oxygen atoms in total. The van der Waals surface area contributed by atoms with Crippen molar-refractivity contribution in [3.8, 4) is 0 Å². The summed E-state index contributed by atoms with van der Waals surface area (Å²) in [6, 6.07) is 8.13. The number of carboxylic acids is 1. The number of hydrogen-bond acceptors (Lipinski definition) is 4. The van der Waals surface area contributed by atoms with Crippen LogP contribution < -0.4 is 5.32 Å². The minimum absolute atomic E-state index is 0.129. The molecule has 2 N–H and O–H groups in total. The van der Waals surface area contributed by atoms with Gasteiger partial charge in [0.2, 0.25) is 0 Å². The van der Waals surface area contributed by atoms with Gasteiger partial charge in [0.15, 0.2) is 5.69 Å². The highest BCUT2D eigenvalue weighted by Gasteiger charge is 2.23.